The van der Waals surface area contributed by atoms with Crippen molar-refractivity contribution < 1.29 is 8.42 Å². The zero-order valence-electron chi connectivity index (χ0n) is 12.3. The second-order valence-electron chi connectivity index (χ2n) is 4.92. The van der Waals surface area contributed by atoms with Gasteiger partial charge in [0, 0.05) is 12.7 Å². The van der Waals surface area contributed by atoms with E-state index in [1.165, 1.54) is 10.4 Å². The van der Waals surface area contributed by atoms with Crippen LogP contribution < -0.4 is 10.0 Å². The third-order valence-corrected chi connectivity index (χ3v) is 5.13. The highest BCUT2D eigenvalue weighted by atomic mass is 32.2. The van der Waals surface area contributed by atoms with Crippen LogP contribution in [0.5, 0.6) is 0 Å². The second kappa shape index (κ2) is 6.18. The summed E-state index contributed by atoms with van der Waals surface area (Å²) in [7, 11) is -2.03. The summed E-state index contributed by atoms with van der Waals surface area (Å²) in [4.78, 5) is 0.205. The van der Waals surface area contributed by atoms with E-state index in [1.54, 1.807) is 25.2 Å². The Labute approximate surface area is 126 Å². The van der Waals surface area contributed by atoms with Gasteiger partial charge in [0.1, 0.15) is 0 Å². The van der Waals surface area contributed by atoms with Crippen molar-refractivity contribution in [3.05, 3.63) is 54.1 Å². The van der Waals surface area contributed by atoms with E-state index in [9.17, 15) is 8.42 Å². The third kappa shape index (κ3) is 3.19. The van der Waals surface area contributed by atoms with Gasteiger partial charge in [-0.3, -0.25) is 4.31 Å². The van der Waals surface area contributed by atoms with Crippen molar-refractivity contribution in [2.75, 3.05) is 17.1 Å². The fraction of sp³-hybridized carbons (Fsp3) is 0.250. The molecule has 0 heterocycles. The normalized spacial score (nSPS) is 11.3. The van der Waals surface area contributed by atoms with Crippen LogP contribution in [-0.4, -0.2) is 15.5 Å². The lowest BCUT2D eigenvalue weighted by Gasteiger charge is -2.22. The Balaban J connectivity index is 2.46. The maximum atomic E-state index is 12.7. The molecule has 4 nitrogen and oxygen atoms in total. The number of rotatable bonds is 5. The Hall–Kier alpha value is -2.01. The van der Waals surface area contributed by atoms with Crippen molar-refractivity contribution in [1.29, 1.82) is 0 Å². The predicted molar refractivity (Wildman–Crippen MR) is 86.9 cm³/mol. The molecule has 0 aliphatic rings. The van der Waals surface area contributed by atoms with E-state index in [0.717, 1.165) is 18.4 Å². The van der Waals surface area contributed by atoms with Crippen molar-refractivity contribution in [2.24, 2.45) is 0 Å². The summed E-state index contributed by atoms with van der Waals surface area (Å²) in [5, 5.41) is 0. The molecule has 0 spiro atoms. The number of para-hydroxylation sites is 1. The van der Waals surface area contributed by atoms with Gasteiger partial charge < -0.3 is 5.73 Å². The minimum atomic E-state index is -3.60. The molecular weight excluding hydrogens is 284 g/mol. The summed E-state index contributed by atoms with van der Waals surface area (Å²) in [6.45, 7) is 2.07. The van der Waals surface area contributed by atoms with Gasteiger partial charge in [0.2, 0.25) is 0 Å². The van der Waals surface area contributed by atoms with Crippen LogP contribution in [0, 0.1) is 0 Å². The fourth-order valence-corrected chi connectivity index (χ4v) is 3.55. The van der Waals surface area contributed by atoms with Gasteiger partial charge in [-0.1, -0.05) is 37.6 Å². The molecule has 2 rings (SSSR count). The molecule has 2 aromatic carbocycles. The van der Waals surface area contributed by atoms with Gasteiger partial charge >= 0.3 is 0 Å². The lowest BCUT2D eigenvalue weighted by Crippen LogP contribution is -2.27. The average molecular weight is 304 g/mol. The molecule has 0 amide bonds. The average Bonchev–Trinajstić information content (AvgIpc) is 2.47. The SMILES string of the molecule is CCCc1ccccc1N(C)S(=O)(=O)c1cccc(N)c1. The number of nitrogens with zero attached hydrogens (tertiary/aromatic N) is 1. The first-order valence-electron chi connectivity index (χ1n) is 6.89. The number of nitrogens with two attached hydrogens (primary N) is 1. The lowest BCUT2D eigenvalue weighted by molar-refractivity contribution is 0.594. The lowest BCUT2D eigenvalue weighted by atomic mass is 10.1. The molecule has 0 atom stereocenters. The quantitative estimate of drug-likeness (QED) is 0.864. The van der Waals surface area contributed by atoms with E-state index in [4.69, 9.17) is 5.73 Å². The first-order chi connectivity index (χ1) is 9.96. The molecule has 5 heteroatoms. The molecule has 0 aliphatic carbocycles. The van der Waals surface area contributed by atoms with Crippen molar-refractivity contribution >= 4 is 21.4 Å². The van der Waals surface area contributed by atoms with Gasteiger partial charge in [0.15, 0.2) is 0 Å². The molecule has 0 aromatic heterocycles. The zero-order chi connectivity index (χ0) is 15.5. The minimum Gasteiger partial charge on any atom is -0.399 e. The molecule has 0 saturated heterocycles. The molecule has 0 fully saturated rings. The third-order valence-electron chi connectivity index (χ3n) is 3.37. The summed E-state index contributed by atoms with van der Waals surface area (Å²) >= 11 is 0. The minimum absolute atomic E-state index is 0.205. The highest BCUT2D eigenvalue weighted by molar-refractivity contribution is 7.92. The summed E-state index contributed by atoms with van der Waals surface area (Å²) < 4.78 is 26.7. The van der Waals surface area contributed by atoms with Crippen LogP contribution in [0.4, 0.5) is 11.4 Å². The van der Waals surface area contributed by atoms with E-state index in [2.05, 4.69) is 6.92 Å². The summed E-state index contributed by atoms with van der Waals surface area (Å²) in [6.07, 6.45) is 1.80. The molecule has 0 radical (unpaired) electrons. The molecular formula is C16H20N2O2S. The van der Waals surface area contributed by atoms with Crippen LogP contribution in [0.1, 0.15) is 18.9 Å². The Morgan fingerprint density at radius 2 is 1.81 bits per heavy atom. The van der Waals surface area contributed by atoms with Crippen LogP contribution in [0.3, 0.4) is 0 Å². The van der Waals surface area contributed by atoms with Crippen LogP contribution in [-0.2, 0) is 16.4 Å². The predicted octanol–water partition coefficient (Wildman–Crippen LogP) is 3.05. The molecule has 0 unspecified atom stereocenters. The largest absolute Gasteiger partial charge is 0.399 e. The molecule has 2 aromatic rings. The maximum absolute atomic E-state index is 12.7. The van der Waals surface area contributed by atoms with E-state index in [1.807, 2.05) is 24.3 Å². The second-order valence-corrected chi connectivity index (χ2v) is 6.89. The van der Waals surface area contributed by atoms with Crippen LogP contribution in [0.15, 0.2) is 53.4 Å². The summed E-state index contributed by atoms with van der Waals surface area (Å²) in [6, 6.07) is 13.9. The van der Waals surface area contributed by atoms with Crippen molar-refractivity contribution in [3.8, 4) is 0 Å². The van der Waals surface area contributed by atoms with Crippen LogP contribution in [0.25, 0.3) is 0 Å². The van der Waals surface area contributed by atoms with Crippen molar-refractivity contribution in [3.63, 3.8) is 0 Å². The number of hydrogen-bond donors (Lipinski definition) is 1. The first-order valence-corrected chi connectivity index (χ1v) is 8.33. The van der Waals surface area contributed by atoms with Crippen LogP contribution in [0.2, 0.25) is 0 Å². The maximum Gasteiger partial charge on any atom is 0.264 e. The van der Waals surface area contributed by atoms with Gasteiger partial charge in [0.05, 0.1) is 10.6 Å². The Kier molecular flexibility index (Phi) is 4.53. The standard InChI is InChI=1S/C16H20N2O2S/c1-3-7-13-8-4-5-11-16(13)18(2)21(19,20)15-10-6-9-14(17)12-15/h4-6,8-12H,3,7,17H2,1-2H3. The number of hydrogen-bond acceptors (Lipinski definition) is 3. The number of sulfonamides is 1. The number of aryl methyl sites for hydroxylation is 1. The zero-order valence-corrected chi connectivity index (χ0v) is 13.1. The Morgan fingerprint density at radius 1 is 1.10 bits per heavy atom. The highest BCUT2D eigenvalue weighted by Gasteiger charge is 2.22. The van der Waals surface area contributed by atoms with E-state index < -0.39 is 10.0 Å². The molecule has 21 heavy (non-hydrogen) atoms. The summed E-state index contributed by atoms with van der Waals surface area (Å²) in [5.41, 5.74) is 7.86. The van der Waals surface area contributed by atoms with Gasteiger partial charge in [-0.25, -0.2) is 8.42 Å². The Bertz CT molecular complexity index is 727. The van der Waals surface area contributed by atoms with Gasteiger partial charge in [-0.15, -0.1) is 0 Å². The number of nitrogen functional groups attached to an aromatic ring is 1. The molecule has 0 saturated carbocycles. The van der Waals surface area contributed by atoms with Gasteiger partial charge in [-0.05, 0) is 36.2 Å². The van der Waals surface area contributed by atoms with E-state index >= 15 is 0 Å². The Morgan fingerprint density at radius 3 is 2.48 bits per heavy atom. The van der Waals surface area contributed by atoms with E-state index in [0.29, 0.717) is 11.4 Å². The molecule has 2 N–H and O–H groups in total. The van der Waals surface area contributed by atoms with Crippen molar-refractivity contribution in [1.82, 2.24) is 0 Å². The molecule has 112 valence electrons. The van der Waals surface area contributed by atoms with E-state index in [-0.39, 0.29) is 4.90 Å². The topological polar surface area (TPSA) is 63.4 Å². The molecule has 0 aliphatic heterocycles. The molecule has 0 bridgehead atoms. The van der Waals surface area contributed by atoms with Crippen molar-refractivity contribution in [2.45, 2.75) is 24.7 Å². The smallest absolute Gasteiger partial charge is 0.264 e. The first kappa shape index (κ1) is 15.4. The van der Waals surface area contributed by atoms with Gasteiger partial charge in [0.25, 0.3) is 10.0 Å². The van der Waals surface area contributed by atoms with Crippen LogP contribution >= 0.6 is 0 Å². The fourth-order valence-electron chi connectivity index (χ4n) is 2.26. The monoisotopic (exact) mass is 304 g/mol. The number of benzene rings is 2. The summed E-state index contributed by atoms with van der Waals surface area (Å²) in [5.74, 6) is 0. The van der Waals surface area contributed by atoms with Gasteiger partial charge in [-0.2, -0.15) is 0 Å². The number of anilines is 2. The highest BCUT2D eigenvalue weighted by Crippen LogP contribution is 2.27.